The molecule has 0 aliphatic carbocycles. The first kappa shape index (κ1) is 14.6. The van der Waals surface area contributed by atoms with Crippen LogP contribution in [0, 0.1) is 0 Å². The zero-order valence-electron chi connectivity index (χ0n) is 11.1. The molecular formula is C12H17N3O4S. The summed E-state index contributed by atoms with van der Waals surface area (Å²) >= 11 is 0. The highest BCUT2D eigenvalue weighted by Crippen LogP contribution is 2.22. The van der Waals surface area contributed by atoms with Crippen LogP contribution in [0.1, 0.15) is 6.42 Å². The Kier molecular flexibility index (Phi) is 4.15. The van der Waals surface area contributed by atoms with Crippen LogP contribution in [-0.2, 0) is 14.8 Å². The second kappa shape index (κ2) is 5.68. The lowest BCUT2D eigenvalue weighted by molar-refractivity contribution is 0.167. The van der Waals surface area contributed by atoms with Gasteiger partial charge in [-0.3, -0.25) is 0 Å². The molecule has 1 saturated heterocycles. The minimum atomic E-state index is -3.58. The van der Waals surface area contributed by atoms with E-state index in [1.807, 2.05) is 0 Å². The van der Waals surface area contributed by atoms with Crippen LogP contribution in [0.3, 0.4) is 0 Å². The third kappa shape index (κ3) is 3.02. The van der Waals surface area contributed by atoms with E-state index in [0.717, 1.165) is 0 Å². The maximum Gasteiger partial charge on any atom is 0.407 e. The number of hydrogen-bond donors (Lipinski definition) is 2. The number of benzene rings is 1. The summed E-state index contributed by atoms with van der Waals surface area (Å²) in [5.74, 6) is 0. The van der Waals surface area contributed by atoms with E-state index in [0.29, 0.717) is 18.7 Å². The molecule has 0 bridgehead atoms. The van der Waals surface area contributed by atoms with Crippen molar-refractivity contribution in [3.8, 4) is 0 Å². The van der Waals surface area contributed by atoms with Crippen molar-refractivity contribution in [3.05, 3.63) is 24.3 Å². The van der Waals surface area contributed by atoms with Crippen LogP contribution in [0.2, 0.25) is 0 Å². The summed E-state index contributed by atoms with van der Waals surface area (Å²) < 4.78 is 30.7. The molecule has 1 atom stereocenters. The standard InChI is InChI=1S/C12H17N3O4S/c1-19-12(16)14-10-5-6-15(8-10)20(17,18)11-4-2-3-9(13)7-11/h2-4,7,10H,5-6,8,13H2,1H3,(H,14,16). The highest BCUT2D eigenvalue weighted by Gasteiger charge is 2.33. The number of hydrogen-bond acceptors (Lipinski definition) is 5. The zero-order valence-corrected chi connectivity index (χ0v) is 11.9. The van der Waals surface area contributed by atoms with Gasteiger partial charge in [-0.15, -0.1) is 0 Å². The minimum absolute atomic E-state index is 0.163. The van der Waals surface area contributed by atoms with Gasteiger partial charge in [-0.1, -0.05) is 6.07 Å². The molecule has 1 aromatic carbocycles. The number of methoxy groups -OCH3 is 1. The SMILES string of the molecule is COC(=O)NC1CCN(S(=O)(=O)c2cccc(N)c2)C1. The smallest absolute Gasteiger partial charge is 0.407 e. The number of sulfonamides is 1. The van der Waals surface area contributed by atoms with Crippen LogP contribution >= 0.6 is 0 Å². The molecule has 1 heterocycles. The normalized spacial score (nSPS) is 19.8. The monoisotopic (exact) mass is 299 g/mol. The zero-order chi connectivity index (χ0) is 14.8. The molecule has 0 saturated carbocycles. The quantitative estimate of drug-likeness (QED) is 0.786. The number of anilines is 1. The Morgan fingerprint density at radius 3 is 2.90 bits per heavy atom. The molecule has 1 amide bonds. The molecule has 0 radical (unpaired) electrons. The van der Waals surface area contributed by atoms with Crippen molar-refractivity contribution in [1.29, 1.82) is 0 Å². The van der Waals surface area contributed by atoms with Gasteiger partial charge in [-0.05, 0) is 24.6 Å². The molecule has 20 heavy (non-hydrogen) atoms. The van der Waals surface area contributed by atoms with E-state index in [9.17, 15) is 13.2 Å². The molecule has 8 heteroatoms. The van der Waals surface area contributed by atoms with Crippen molar-refractivity contribution >= 4 is 21.8 Å². The Bertz CT molecular complexity index is 602. The molecule has 3 N–H and O–H groups in total. The van der Waals surface area contributed by atoms with E-state index in [2.05, 4.69) is 10.1 Å². The lowest BCUT2D eigenvalue weighted by atomic mass is 10.3. The molecular weight excluding hydrogens is 282 g/mol. The van der Waals surface area contributed by atoms with Crippen molar-refractivity contribution in [1.82, 2.24) is 9.62 Å². The summed E-state index contributed by atoms with van der Waals surface area (Å²) in [6.07, 6.45) is -0.00499. The molecule has 110 valence electrons. The van der Waals surface area contributed by atoms with Gasteiger partial charge in [0.1, 0.15) is 0 Å². The van der Waals surface area contributed by atoms with Crippen molar-refractivity contribution in [2.45, 2.75) is 17.4 Å². The van der Waals surface area contributed by atoms with Crippen molar-refractivity contribution in [2.75, 3.05) is 25.9 Å². The first-order valence-corrected chi connectivity index (χ1v) is 7.57. The van der Waals surface area contributed by atoms with Gasteiger partial charge in [0.2, 0.25) is 10.0 Å². The second-order valence-corrected chi connectivity index (χ2v) is 6.49. The topological polar surface area (TPSA) is 102 Å². The number of nitrogens with zero attached hydrogens (tertiary/aromatic N) is 1. The van der Waals surface area contributed by atoms with Crippen LogP contribution in [0.15, 0.2) is 29.2 Å². The fraction of sp³-hybridized carbons (Fsp3) is 0.417. The van der Waals surface area contributed by atoms with Gasteiger partial charge in [0.05, 0.1) is 12.0 Å². The van der Waals surface area contributed by atoms with E-state index in [-0.39, 0.29) is 17.5 Å². The lowest BCUT2D eigenvalue weighted by Gasteiger charge is -2.17. The summed E-state index contributed by atoms with van der Waals surface area (Å²) in [5, 5.41) is 2.60. The van der Waals surface area contributed by atoms with Crippen molar-refractivity contribution in [3.63, 3.8) is 0 Å². The third-order valence-electron chi connectivity index (χ3n) is 3.15. The van der Waals surface area contributed by atoms with Gasteiger partial charge in [-0.2, -0.15) is 4.31 Å². The van der Waals surface area contributed by atoms with E-state index in [4.69, 9.17) is 5.73 Å². The number of carbonyl (C=O) groups is 1. The lowest BCUT2D eigenvalue weighted by Crippen LogP contribution is -2.38. The maximum atomic E-state index is 12.4. The van der Waals surface area contributed by atoms with Gasteiger partial charge in [-0.25, -0.2) is 13.2 Å². The van der Waals surface area contributed by atoms with E-state index in [1.165, 1.54) is 23.5 Å². The Balaban J connectivity index is 2.11. The highest BCUT2D eigenvalue weighted by atomic mass is 32.2. The number of nitrogens with one attached hydrogen (secondary N) is 1. The molecule has 2 rings (SSSR count). The summed E-state index contributed by atoms with van der Waals surface area (Å²) in [5.41, 5.74) is 6.01. The van der Waals surface area contributed by atoms with Crippen LogP contribution in [-0.4, -0.2) is 45.1 Å². The highest BCUT2D eigenvalue weighted by molar-refractivity contribution is 7.89. The molecule has 1 aliphatic heterocycles. The van der Waals surface area contributed by atoms with Crippen molar-refractivity contribution in [2.24, 2.45) is 0 Å². The van der Waals surface area contributed by atoms with Gasteiger partial charge < -0.3 is 15.8 Å². The second-order valence-electron chi connectivity index (χ2n) is 4.56. The Hall–Kier alpha value is -1.80. The maximum absolute atomic E-state index is 12.4. The van der Waals surface area contributed by atoms with Gasteiger partial charge in [0, 0.05) is 24.8 Å². The summed E-state index contributed by atoms with van der Waals surface area (Å²) in [7, 11) is -2.31. The Morgan fingerprint density at radius 1 is 1.50 bits per heavy atom. The molecule has 1 fully saturated rings. The average molecular weight is 299 g/mol. The number of nitrogen functional groups attached to an aromatic ring is 1. The van der Waals surface area contributed by atoms with Gasteiger partial charge >= 0.3 is 6.09 Å². The summed E-state index contributed by atoms with van der Waals surface area (Å²) in [6.45, 7) is 0.581. The Labute approximate surface area is 117 Å². The molecule has 7 nitrogen and oxygen atoms in total. The molecule has 0 aromatic heterocycles. The number of rotatable bonds is 3. The molecule has 1 aromatic rings. The fourth-order valence-corrected chi connectivity index (χ4v) is 3.67. The number of ether oxygens (including phenoxy) is 1. The number of carbonyl (C=O) groups excluding carboxylic acids is 1. The summed E-state index contributed by atoms with van der Waals surface area (Å²) in [4.78, 5) is 11.3. The first-order valence-electron chi connectivity index (χ1n) is 6.13. The van der Waals surface area contributed by atoms with Crippen LogP contribution in [0.25, 0.3) is 0 Å². The van der Waals surface area contributed by atoms with Gasteiger partial charge in [0.25, 0.3) is 0 Å². The van der Waals surface area contributed by atoms with E-state index in [1.54, 1.807) is 12.1 Å². The van der Waals surface area contributed by atoms with Gasteiger partial charge in [0.15, 0.2) is 0 Å². The van der Waals surface area contributed by atoms with E-state index >= 15 is 0 Å². The van der Waals surface area contributed by atoms with Crippen LogP contribution < -0.4 is 11.1 Å². The number of amides is 1. The molecule has 1 unspecified atom stereocenters. The van der Waals surface area contributed by atoms with Crippen LogP contribution in [0.5, 0.6) is 0 Å². The summed E-state index contributed by atoms with van der Waals surface area (Å²) in [6, 6.07) is 5.93. The van der Waals surface area contributed by atoms with E-state index < -0.39 is 16.1 Å². The third-order valence-corrected chi connectivity index (χ3v) is 5.02. The number of alkyl carbamates (subject to hydrolysis) is 1. The van der Waals surface area contributed by atoms with Crippen LogP contribution in [0.4, 0.5) is 10.5 Å². The predicted molar refractivity (Wildman–Crippen MR) is 73.6 cm³/mol. The minimum Gasteiger partial charge on any atom is -0.453 e. The van der Waals surface area contributed by atoms with Crippen molar-refractivity contribution < 1.29 is 17.9 Å². The predicted octanol–water partition coefficient (Wildman–Crippen LogP) is 0.388. The Morgan fingerprint density at radius 2 is 2.25 bits per heavy atom. The largest absolute Gasteiger partial charge is 0.453 e. The molecule has 1 aliphatic rings. The average Bonchev–Trinajstić information content (AvgIpc) is 2.87. The fourth-order valence-electron chi connectivity index (χ4n) is 2.11. The number of nitrogens with two attached hydrogens (primary N) is 1. The molecule has 0 spiro atoms. The first-order chi connectivity index (χ1) is 9.43.